The third-order valence-electron chi connectivity index (χ3n) is 3.41. The Morgan fingerprint density at radius 1 is 1.11 bits per heavy atom. The van der Waals surface area contributed by atoms with Gasteiger partial charge in [0.2, 0.25) is 5.88 Å². The lowest BCUT2D eigenvalue weighted by molar-refractivity contribution is 0.430. The van der Waals surface area contributed by atoms with Crippen LogP contribution in [-0.4, -0.2) is 14.9 Å². The van der Waals surface area contributed by atoms with E-state index in [9.17, 15) is 5.11 Å². The summed E-state index contributed by atoms with van der Waals surface area (Å²) in [5, 5.41) is 14.7. The van der Waals surface area contributed by atoms with Crippen LogP contribution in [0.1, 0.15) is 42.1 Å². The molecule has 0 aliphatic carbocycles. The highest BCUT2D eigenvalue weighted by Crippen LogP contribution is 2.28. The van der Waals surface area contributed by atoms with E-state index in [-0.39, 0.29) is 5.88 Å². The SMILES string of the molecule is Cc1ccc(-n2nc(C(C)C)c(C)c2O)cc1C. The second-order valence-electron chi connectivity index (χ2n) is 5.17. The van der Waals surface area contributed by atoms with Crippen LogP contribution in [0.2, 0.25) is 0 Å². The van der Waals surface area contributed by atoms with Crippen molar-refractivity contribution in [2.75, 3.05) is 0 Å². The van der Waals surface area contributed by atoms with Crippen molar-refractivity contribution in [3.05, 3.63) is 40.6 Å². The van der Waals surface area contributed by atoms with E-state index in [0.29, 0.717) is 5.92 Å². The fourth-order valence-corrected chi connectivity index (χ4v) is 2.09. The van der Waals surface area contributed by atoms with E-state index in [1.165, 1.54) is 11.1 Å². The van der Waals surface area contributed by atoms with E-state index in [2.05, 4.69) is 38.9 Å². The normalized spacial score (nSPS) is 11.2. The smallest absolute Gasteiger partial charge is 0.217 e. The van der Waals surface area contributed by atoms with Gasteiger partial charge in [0.05, 0.1) is 11.4 Å². The minimum Gasteiger partial charge on any atom is -0.493 e. The zero-order chi connectivity index (χ0) is 13.4. The molecule has 1 aromatic heterocycles. The summed E-state index contributed by atoms with van der Waals surface area (Å²) < 4.78 is 1.62. The first-order chi connectivity index (χ1) is 8.41. The topological polar surface area (TPSA) is 38.0 Å². The minimum absolute atomic E-state index is 0.238. The molecule has 0 radical (unpaired) electrons. The van der Waals surface area contributed by atoms with Crippen molar-refractivity contribution >= 4 is 0 Å². The first kappa shape index (κ1) is 12.7. The molecule has 1 aromatic carbocycles. The van der Waals surface area contributed by atoms with Crippen molar-refractivity contribution in [1.29, 1.82) is 0 Å². The lowest BCUT2D eigenvalue weighted by Gasteiger charge is -2.06. The molecular formula is C15H20N2O. The number of hydrogen-bond donors (Lipinski definition) is 1. The highest BCUT2D eigenvalue weighted by molar-refractivity contribution is 5.44. The van der Waals surface area contributed by atoms with Gasteiger partial charge in [-0.15, -0.1) is 0 Å². The molecule has 0 bridgehead atoms. The van der Waals surface area contributed by atoms with Gasteiger partial charge in [0.25, 0.3) is 0 Å². The second kappa shape index (κ2) is 4.48. The summed E-state index contributed by atoms with van der Waals surface area (Å²) in [5.74, 6) is 0.547. The van der Waals surface area contributed by atoms with Gasteiger partial charge in [-0.1, -0.05) is 19.9 Å². The maximum absolute atomic E-state index is 10.2. The summed E-state index contributed by atoms with van der Waals surface area (Å²) in [4.78, 5) is 0. The largest absolute Gasteiger partial charge is 0.493 e. The van der Waals surface area contributed by atoms with Gasteiger partial charge in [-0.05, 0) is 49.9 Å². The third kappa shape index (κ3) is 2.01. The van der Waals surface area contributed by atoms with Gasteiger partial charge in [-0.25, -0.2) is 4.68 Å². The first-order valence-electron chi connectivity index (χ1n) is 6.28. The average molecular weight is 244 g/mol. The van der Waals surface area contributed by atoms with Crippen molar-refractivity contribution in [2.24, 2.45) is 0 Å². The molecule has 0 aliphatic rings. The fraction of sp³-hybridized carbons (Fsp3) is 0.400. The fourth-order valence-electron chi connectivity index (χ4n) is 2.09. The van der Waals surface area contributed by atoms with Crippen LogP contribution in [0.25, 0.3) is 5.69 Å². The molecule has 2 aromatic rings. The van der Waals surface area contributed by atoms with Crippen molar-refractivity contribution in [1.82, 2.24) is 9.78 Å². The molecule has 96 valence electrons. The predicted octanol–water partition coefficient (Wildman–Crippen LogP) is 3.63. The van der Waals surface area contributed by atoms with Gasteiger partial charge in [0.1, 0.15) is 0 Å². The van der Waals surface area contributed by atoms with Crippen LogP contribution in [0.3, 0.4) is 0 Å². The lowest BCUT2D eigenvalue weighted by Crippen LogP contribution is -1.99. The molecule has 0 spiro atoms. The zero-order valence-electron chi connectivity index (χ0n) is 11.7. The van der Waals surface area contributed by atoms with Gasteiger partial charge in [0.15, 0.2) is 0 Å². The highest BCUT2D eigenvalue weighted by Gasteiger charge is 2.17. The quantitative estimate of drug-likeness (QED) is 0.876. The van der Waals surface area contributed by atoms with E-state index in [0.717, 1.165) is 16.9 Å². The first-order valence-corrected chi connectivity index (χ1v) is 6.28. The molecule has 0 aliphatic heterocycles. The van der Waals surface area contributed by atoms with Crippen LogP contribution >= 0.6 is 0 Å². The molecule has 0 fully saturated rings. The summed E-state index contributed by atoms with van der Waals surface area (Å²) in [5.41, 5.74) is 5.16. The van der Waals surface area contributed by atoms with E-state index >= 15 is 0 Å². The van der Waals surface area contributed by atoms with E-state index < -0.39 is 0 Å². The van der Waals surface area contributed by atoms with Crippen molar-refractivity contribution in [3.63, 3.8) is 0 Å². The Morgan fingerprint density at radius 3 is 2.28 bits per heavy atom. The summed E-state index contributed by atoms with van der Waals surface area (Å²) in [6, 6.07) is 6.08. The van der Waals surface area contributed by atoms with Gasteiger partial charge < -0.3 is 5.11 Å². The minimum atomic E-state index is 0.238. The average Bonchev–Trinajstić information content (AvgIpc) is 2.60. The van der Waals surface area contributed by atoms with E-state index in [4.69, 9.17) is 0 Å². The number of hydrogen-bond acceptors (Lipinski definition) is 2. The Labute approximate surface area is 108 Å². The van der Waals surface area contributed by atoms with Crippen molar-refractivity contribution in [2.45, 2.75) is 40.5 Å². The van der Waals surface area contributed by atoms with Crippen LogP contribution in [0, 0.1) is 20.8 Å². The predicted molar refractivity (Wildman–Crippen MR) is 73.5 cm³/mol. The number of benzene rings is 1. The van der Waals surface area contributed by atoms with Crippen molar-refractivity contribution in [3.8, 4) is 11.6 Å². The Balaban J connectivity index is 2.57. The molecule has 0 unspecified atom stereocenters. The molecule has 0 atom stereocenters. The van der Waals surface area contributed by atoms with Gasteiger partial charge >= 0.3 is 0 Å². The molecule has 1 heterocycles. The monoisotopic (exact) mass is 244 g/mol. The Morgan fingerprint density at radius 2 is 1.78 bits per heavy atom. The Kier molecular flexibility index (Phi) is 3.16. The van der Waals surface area contributed by atoms with E-state index in [1.54, 1.807) is 4.68 Å². The summed E-state index contributed by atoms with van der Waals surface area (Å²) in [6.45, 7) is 10.2. The molecule has 0 saturated carbocycles. The molecule has 3 heteroatoms. The highest BCUT2D eigenvalue weighted by atomic mass is 16.3. The van der Waals surface area contributed by atoms with Crippen molar-refractivity contribution < 1.29 is 5.11 Å². The molecule has 1 N–H and O–H groups in total. The summed E-state index contributed by atoms with van der Waals surface area (Å²) in [6.07, 6.45) is 0. The standard InChI is InChI=1S/C15H20N2O/c1-9(2)14-12(5)15(18)17(16-14)13-7-6-10(3)11(4)8-13/h6-9,18H,1-5H3. The number of aromatic hydroxyl groups is 1. The summed E-state index contributed by atoms with van der Waals surface area (Å²) >= 11 is 0. The Bertz CT molecular complexity index is 582. The van der Waals surface area contributed by atoms with Crippen LogP contribution in [0.4, 0.5) is 0 Å². The number of aryl methyl sites for hydroxylation is 2. The van der Waals surface area contributed by atoms with Crippen LogP contribution < -0.4 is 0 Å². The lowest BCUT2D eigenvalue weighted by atomic mass is 10.1. The van der Waals surface area contributed by atoms with Crippen LogP contribution in [-0.2, 0) is 0 Å². The molecule has 18 heavy (non-hydrogen) atoms. The summed E-state index contributed by atoms with van der Waals surface area (Å²) in [7, 11) is 0. The molecule has 2 rings (SSSR count). The zero-order valence-corrected chi connectivity index (χ0v) is 11.7. The van der Waals surface area contributed by atoms with Gasteiger partial charge in [-0.3, -0.25) is 0 Å². The maximum atomic E-state index is 10.2. The number of rotatable bonds is 2. The third-order valence-corrected chi connectivity index (χ3v) is 3.41. The van der Waals surface area contributed by atoms with Crippen LogP contribution in [0.15, 0.2) is 18.2 Å². The molecule has 0 saturated heterocycles. The van der Waals surface area contributed by atoms with Gasteiger partial charge in [-0.2, -0.15) is 5.10 Å². The maximum Gasteiger partial charge on any atom is 0.217 e. The van der Waals surface area contributed by atoms with E-state index in [1.807, 2.05) is 19.1 Å². The van der Waals surface area contributed by atoms with Gasteiger partial charge in [0, 0.05) is 5.56 Å². The molecule has 0 amide bonds. The second-order valence-corrected chi connectivity index (χ2v) is 5.17. The van der Waals surface area contributed by atoms with Crippen LogP contribution in [0.5, 0.6) is 5.88 Å². The Hall–Kier alpha value is -1.77. The number of aromatic nitrogens is 2. The number of nitrogens with zero attached hydrogens (tertiary/aromatic N) is 2. The molecule has 3 nitrogen and oxygen atoms in total. The molecular weight excluding hydrogens is 224 g/mol.